The maximum Gasteiger partial charge on any atom is 0.354 e. The van der Waals surface area contributed by atoms with Crippen molar-refractivity contribution in [2.75, 3.05) is 13.7 Å². The fourth-order valence-electron chi connectivity index (χ4n) is 4.64. The first-order valence-corrected chi connectivity index (χ1v) is 11.4. The maximum absolute atomic E-state index is 13.3. The number of hydrogen-bond acceptors (Lipinski definition) is 5. The Kier molecular flexibility index (Phi) is 6.59. The van der Waals surface area contributed by atoms with Crippen LogP contribution in [0.3, 0.4) is 0 Å². The zero-order valence-electron chi connectivity index (χ0n) is 20.2. The molecule has 0 radical (unpaired) electrons. The molecule has 4 rings (SSSR count). The van der Waals surface area contributed by atoms with Gasteiger partial charge >= 0.3 is 5.97 Å². The lowest BCUT2D eigenvalue weighted by Gasteiger charge is -2.25. The molecule has 1 saturated heterocycles. The van der Waals surface area contributed by atoms with Gasteiger partial charge in [0.15, 0.2) is 0 Å². The van der Waals surface area contributed by atoms with Crippen molar-refractivity contribution in [3.05, 3.63) is 82.2 Å². The highest BCUT2D eigenvalue weighted by Crippen LogP contribution is 2.41. The molecule has 1 aliphatic rings. The number of methoxy groups -OCH3 is 1. The Morgan fingerprint density at radius 1 is 1.17 bits per heavy atom. The van der Waals surface area contributed by atoms with E-state index in [2.05, 4.69) is 9.97 Å². The number of aromatic nitrogens is 3. The van der Waals surface area contributed by atoms with E-state index in [4.69, 9.17) is 4.74 Å². The summed E-state index contributed by atoms with van der Waals surface area (Å²) in [5.74, 6) is -2.29. The number of aliphatic hydroxyl groups is 1. The lowest BCUT2D eigenvalue weighted by atomic mass is 9.93. The van der Waals surface area contributed by atoms with Crippen LogP contribution in [0.1, 0.15) is 50.9 Å². The molecule has 9 heteroatoms. The van der Waals surface area contributed by atoms with E-state index >= 15 is 0 Å². The quantitative estimate of drug-likeness (QED) is 0.159. The minimum atomic E-state index is -0.748. The molecule has 182 valence electrons. The summed E-state index contributed by atoms with van der Waals surface area (Å²) in [6.45, 7) is 6.30. The molecule has 3 aromatic rings. The SMILES string of the molecule is COC(=O)c1[nH]c(C)c(C(O)=C2C(=O)C(=O)N(CCC[n+]3cc[nH]c3)C2c2ccc(C)cc2)c1C. The molecule has 1 aromatic carbocycles. The van der Waals surface area contributed by atoms with E-state index in [1.165, 1.54) is 12.0 Å². The third kappa shape index (κ3) is 4.37. The van der Waals surface area contributed by atoms with Crippen LogP contribution in [0.25, 0.3) is 5.76 Å². The summed E-state index contributed by atoms with van der Waals surface area (Å²) in [5.41, 5.74) is 3.23. The number of Topliss-reactive ketones (excluding diaryl/α,β-unsaturated/α-hetero) is 1. The highest BCUT2D eigenvalue weighted by Gasteiger charge is 2.46. The number of amides is 1. The number of carbonyl (C=O) groups excluding carboxylic acids is 3. The highest BCUT2D eigenvalue weighted by molar-refractivity contribution is 6.46. The molecule has 0 bridgehead atoms. The lowest BCUT2D eigenvalue weighted by Crippen LogP contribution is -2.36. The molecule has 0 spiro atoms. The minimum absolute atomic E-state index is 0.00904. The third-order valence-corrected chi connectivity index (χ3v) is 6.41. The van der Waals surface area contributed by atoms with Crippen LogP contribution >= 0.6 is 0 Å². The summed E-state index contributed by atoms with van der Waals surface area (Å²) < 4.78 is 6.78. The number of hydrogen-bond donors (Lipinski definition) is 3. The molecule has 1 atom stereocenters. The van der Waals surface area contributed by atoms with Crippen molar-refractivity contribution < 1.29 is 28.8 Å². The lowest BCUT2D eigenvalue weighted by molar-refractivity contribution is -0.695. The van der Waals surface area contributed by atoms with Gasteiger partial charge in [0.05, 0.1) is 25.3 Å². The summed E-state index contributed by atoms with van der Waals surface area (Å²) in [7, 11) is 1.27. The predicted octanol–water partition coefficient (Wildman–Crippen LogP) is 2.85. The first-order chi connectivity index (χ1) is 16.7. The molecule has 0 aliphatic carbocycles. The van der Waals surface area contributed by atoms with Crippen molar-refractivity contribution in [2.45, 2.75) is 39.8 Å². The second-order valence-corrected chi connectivity index (χ2v) is 8.72. The highest BCUT2D eigenvalue weighted by atomic mass is 16.5. The Labute approximate surface area is 203 Å². The molecular formula is C26H29N4O5+. The Balaban J connectivity index is 1.79. The van der Waals surface area contributed by atoms with Gasteiger partial charge in [-0.05, 0) is 31.9 Å². The number of ketones is 1. The number of aromatic amines is 2. The van der Waals surface area contributed by atoms with E-state index < -0.39 is 23.7 Å². The van der Waals surface area contributed by atoms with Crippen LogP contribution in [0.2, 0.25) is 0 Å². The monoisotopic (exact) mass is 477 g/mol. The molecular weight excluding hydrogens is 448 g/mol. The molecule has 1 aliphatic heterocycles. The van der Waals surface area contributed by atoms with E-state index in [-0.39, 0.29) is 17.0 Å². The first-order valence-electron chi connectivity index (χ1n) is 11.4. The zero-order chi connectivity index (χ0) is 25.3. The standard InChI is InChI=1S/C26H28N4O5/c1-15-6-8-18(9-7-15)22-20(23(31)19-16(2)21(26(34)35-4)28-17(19)3)24(32)25(33)30(22)12-5-11-29-13-10-27-14-29/h6-10,13-14,22H,5,11-12H2,1-4H3,(H2,28,31,32,34)/p+1. The van der Waals surface area contributed by atoms with Crippen molar-refractivity contribution >= 4 is 23.4 Å². The Bertz CT molecular complexity index is 1300. The molecule has 9 nitrogen and oxygen atoms in total. The number of ether oxygens (including phenoxy) is 1. The Morgan fingerprint density at radius 2 is 1.89 bits per heavy atom. The number of rotatable bonds is 7. The Hall–Kier alpha value is -4.14. The van der Waals surface area contributed by atoms with Crippen LogP contribution in [0, 0.1) is 20.8 Å². The number of nitrogens with zero attached hydrogens (tertiary/aromatic N) is 2. The van der Waals surface area contributed by atoms with Gasteiger partial charge in [0.1, 0.15) is 23.8 Å². The van der Waals surface area contributed by atoms with E-state index in [0.717, 1.165) is 11.1 Å². The van der Waals surface area contributed by atoms with Gasteiger partial charge in [-0.25, -0.2) is 9.36 Å². The average molecular weight is 478 g/mol. The number of nitrogens with one attached hydrogen (secondary N) is 2. The van der Waals surface area contributed by atoms with Gasteiger partial charge in [-0.1, -0.05) is 29.8 Å². The van der Waals surface area contributed by atoms with Gasteiger partial charge in [-0.3, -0.25) is 14.6 Å². The van der Waals surface area contributed by atoms with Crippen molar-refractivity contribution in [2.24, 2.45) is 0 Å². The number of aliphatic hydroxyl groups excluding tert-OH is 1. The first kappa shape index (κ1) is 24.0. The van der Waals surface area contributed by atoms with Gasteiger partial charge in [0, 0.05) is 24.2 Å². The zero-order valence-corrected chi connectivity index (χ0v) is 20.2. The van der Waals surface area contributed by atoms with Crippen LogP contribution in [0.5, 0.6) is 0 Å². The fourth-order valence-corrected chi connectivity index (χ4v) is 4.64. The molecule has 1 unspecified atom stereocenters. The molecule has 3 N–H and O–H groups in total. The van der Waals surface area contributed by atoms with Crippen LogP contribution in [0.15, 0.2) is 48.6 Å². The van der Waals surface area contributed by atoms with Crippen molar-refractivity contribution in [1.29, 1.82) is 0 Å². The molecule has 3 heterocycles. The number of likely N-dealkylation sites (tertiary alicyclic amines) is 1. The van der Waals surface area contributed by atoms with Crippen LogP contribution in [-0.2, 0) is 20.9 Å². The van der Waals surface area contributed by atoms with Crippen LogP contribution in [-0.4, -0.2) is 51.3 Å². The summed E-state index contributed by atoms with van der Waals surface area (Å²) in [4.78, 5) is 46.0. The fraction of sp³-hybridized carbons (Fsp3) is 0.308. The van der Waals surface area contributed by atoms with Crippen molar-refractivity contribution in [1.82, 2.24) is 14.9 Å². The minimum Gasteiger partial charge on any atom is -0.507 e. The molecule has 1 fully saturated rings. The average Bonchev–Trinajstić information content (AvgIpc) is 3.52. The van der Waals surface area contributed by atoms with Gasteiger partial charge in [0.2, 0.25) is 6.33 Å². The smallest absolute Gasteiger partial charge is 0.354 e. The van der Waals surface area contributed by atoms with Gasteiger partial charge < -0.3 is 19.7 Å². The number of esters is 1. The largest absolute Gasteiger partial charge is 0.507 e. The number of carbonyl (C=O) groups is 3. The van der Waals surface area contributed by atoms with E-state index in [9.17, 15) is 19.5 Å². The topological polar surface area (TPSA) is 119 Å². The molecule has 0 saturated carbocycles. The van der Waals surface area contributed by atoms with E-state index in [1.54, 1.807) is 13.8 Å². The summed E-state index contributed by atoms with van der Waals surface area (Å²) in [6.07, 6.45) is 6.14. The van der Waals surface area contributed by atoms with Gasteiger partial charge in [0.25, 0.3) is 11.7 Å². The number of imidazole rings is 1. The third-order valence-electron chi connectivity index (χ3n) is 6.41. The normalized spacial score (nSPS) is 17.3. The van der Waals surface area contributed by atoms with Crippen LogP contribution in [0.4, 0.5) is 0 Å². The summed E-state index contributed by atoms with van der Waals surface area (Å²) >= 11 is 0. The number of aryl methyl sites for hydroxylation is 3. The maximum atomic E-state index is 13.3. The Morgan fingerprint density at radius 3 is 2.51 bits per heavy atom. The summed E-state index contributed by atoms with van der Waals surface area (Å²) in [6, 6.07) is 6.80. The molecule has 35 heavy (non-hydrogen) atoms. The summed E-state index contributed by atoms with van der Waals surface area (Å²) in [5, 5.41) is 11.4. The number of H-pyrrole nitrogens is 2. The van der Waals surface area contributed by atoms with Crippen molar-refractivity contribution in [3.63, 3.8) is 0 Å². The molecule has 2 aromatic heterocycles. The van der Waals surface area contributed by atoms with Crippen molar-refractivity contribution in [3.8, 4) is 0 Å². The second kappa shape index (κ2) is 9.61. The number of benzene rings is 1. The second-order valence-electron chi connectivity index (χ2n) is 8.72. The van der Waals surface area contributed by atoms with E-state index in [1.807, 2.05) is 54.5 Å². The van der Waals surface area contributed by atoms with Gasteiger partial charge in [-0.15, -0.1) is 0 Å². The van der Waals surface area contributed by atoms with Gasteiger partial charge in [-0.2, -0.15) is 0 Å². The molecule has 1 amide bonds. The van der Waals surface area contributed by atoms with Crippen LogP contribution < -0.4 is 4.57 Å². The van der Waals surface area contributed by atoms with E-state index in [0.29, 0.717) is 36.3 Å². The predicted molar refractivity (Wildman–Crippen MR) is 127 cm³/mol.